The van der Waals surface area contributed by atoms with Crippen molar-refractivity contribution in [3.8, 4) is 11.1 Å². The predicted octanol–water partition coefficient (Wildman–Crippen LogP) is 7.29. The van der Waals surface area contributed by atoms with Gasteiger partial charge in [0.05, 0.1) is 6.04 Å². The molecular weight excluding hydrogens is 458 g/mol. The average Bonchev–Trinajstić information content (AvgIpc) is 2.79. The summed E-state index contributed by atoms with van der Waals surface area (Å²) in [7, 11) is 0. The van der Waals surface area contributed by atoms with Gasteiger partial charge >= 0.3 is 0 Å². The molecule has 2 atom stereocenters. The van der Waals surface area contributed by atoms with Gasteiger partial charge in [0.15, 0.2) is 0 Å². The summed E-state index contributed by atoms with van der Waals surface area (Å²) in [5.74, 6) is 0.00161. The summed E-state index contributed by atoms with van der Waals surface area (Å²) >= 11 is 6.07. The Morgan fingerprint density at radius 1 is 0.943 bits per heavy atom. The lowest BCUT2D eigenvalue weighted by Crippen LogP contribution is -2.43. The first-order valence-electron chi connectivity index (χ1n) is 11.9. The van der Waals surface area contributed by atoms with E-state index < -0.39 is 5.41 Å². The fraction of sp³-hybridized carbons (Fsp3) is 0.310. The maximum absolute atomic E-state index is 12.5. The lowest BCUT2D eigenvalue weighted by Gasteiger charge is -2.39. The highest BCUT2D eigenvalue weighted by atomic mass is 35.5. The summed E-state index contributed by atoms with van der Waals surface area (Å²) in [6.07, 6.45) is 0.778. The SMILES string of the molecule is CC(=O)N1c2ccc(-c3cccc(NC(=O)C(C)(C)C)c3)cc2[C@H](Nc2ccc(Cl)cc2)C[C@@H]1C. The van der Waals surface area contributed by atoms with E-state index in [-0.39, 0.29) is 23.9 Å². The number of carbonyl (C=O) groups excluding carboxylic acids is 2. The molecule has 1 aliphatic rings. The molecule has 5 nitrogen and oxygen atoms in total. The van der Waals surface area contributed by atoms with Crippen molar-refractivity contribution in [3.05, 3.63) is 77.3 Å². The van der Waals surface area contributed by atoms with E-state index in [1.54, 1.807) is 6.92 Å². The first kappa shape index (κ1) is 24.8. The monoisotopic (exact) mass is 489 g/mol. The van der Waals surface area contributed by atoms with Gasteiger partial charge in [-0.25, -0.2) is 0 Å². The second-order valence-corrected chi connectivity index (χ2v) is 10.7. The summed E-state index contributed by atoms with van der Waals surface area (Å²) in [5, 5.41) is 7.34. The molecule has 0 aromatic heterocycles. The number of amides is 2. The van der Waals surface area contributed by atoms with Crippen molar-refractivity contribution < 1.29 is 9.59 Å². The molecule has 35 heavy (non-hydrogen) atoms. The first-order chi connectivity index (χ1) is 16.5. The van der Waals surface area contributed by atoms with Gasteiger partial charge in [-0.2, -0.15) is 0 Å². The van der Waals surface area contributed by atoms with Crippen LogP contribution in [-0.4, -0.2) is 17.9 Å². The summed E-state index contributed by atoms with van der Waals surface area (Å²) in [6, 6.07) is 21.8. The Hall–Kier alpha value is -3.31. The molecular formula is C29H32ClN3O2. The molecule has 2 amide bonds. The van der Waals surface area contributed by atoms with Crippen LogP contribution < -0.4 is 15.5 Å². The summed E-state index contributed by atoms with van der Waals surface area (Å²) in [4.78, 5) is 26.9. The Morgan fingerprint density at radius 2 is 1.63 bits per heavy atom. The Bertz CT molecular complexity index is 1250. The Kier molecular flexibility index (Phi) is 6.91. The van der Waals surface area contributed by atoms with Crippen LogP contribution in [0.2, 0.25) is 5.02 Å². The van der Waals surface area contributed by atoms with Crippen LogP contribution in [0.4, 0.5) is 17.1 Å². The number of carbonyl (C=O) groups is 2. The number of hydrogen-bond acceptors (Lipinski definition) is 3. The lowest BCUT2D eigenvalue weighted by molar-refractivity contribution is -0.123. The van der Waals surface area contributed by atoms with Crippen molar-refractivity contribution in [1.29, 1.82) is 0 Å². The van der Waals surface area contributed by atoms with Crippen molar-refractivity contribution in [3.63, 3.8) is 0 Å². The van der Waals surface area contributed by atoms with E-state index in [4.69, 9.17) is 11.6 Å². The van der Waals surface area contributed by atoms with E-state index >= 15 is 0 Å². The van der Waals surface area contributed by atoms with Crippen LogP contribution in [0.3, 0.4) is 0 Å². The van der Waals surface area contributed by atoms with Gasteiger partial charge in [-0.05, 0) is 78.6 Å². The van der Waals surface area contributed by atoms with E-state index in [1.807, 2.05) is 86.3 Å². The Labute approximate surface area is 212 Å². The third kappa shape index (κ3) is 5.51. The van der Waals surface area contributed by atoms with E-state index in [1.165, 1.54) is 0 Å². The van der Waals surface area contributed by atoms with Crippen molar-refractivity contribution in [1.82, 2.24) is 0 Å². The number of benzene rings is 3. The minimum absolute atomic E-state index is 0.0282. The first-order valence-corrected chi connectivity index (χ1v) is 12.3. The second-order valence-electron chi connectivity index (χ2n) is 10.2. The van der Waals surface area contributed by atoms with Crippen LogP contribution in [0.15, 0.2) is 66.7 Å². The molecule has 0 saturated carbocycles. The molecule has 0 bridgehead atoms. The molecule has 1 aliphatic heterocycles. The zero-order valence-corrected chi connectivity index (χ0v) is 21.6. The molecule has 6 heteroatoms. The molecule has 0 radical (unpaired) electrons. The molecule has 3 aromatic rings. The molecule has 0 aliphatic carbocycles. The van der Waals surface area contributed by atoms with Crippen LogP contribution in [0.25, 0.3) is 11.1 Å². The van der Waals surface area contributed by atoms with E-state index in [9.17, 15) is 9.59 Å². The predicted molar refractivity (Wildman–Crippen MR) is 145 cm³/mol. The number of halogens is 1. The molecule has 0 spiro atoms. The Balaban J connectivity index is 1.71. The number of fused-ring (bicyclic) bond motifs is 1. The van der Waals surface area contributed by atoms with Crippen molar-refractivity contribution >= 4 is 40.5 Å². The summed E-state index contributed by atoms with van der Waals surface area (Å²) in [6.45, 7) is 9.38. The minimum atomic E-state index is -0.477. The molecule has 0 saturated heterocycles. The summed E-state index contributed by atoms with van der Waals surface area (Å²) in [5.41, 5.74) is 5.27. The van der Waals surface area contributed by atoms with Crippen LogP contribution >= 0.6 is 11.6 Å². The Morgan fingerprint density at radius 3 is 2.29 bits per heavy atom. The number of nitrogens with zero attached hydrogens (tertiary/aromatic N) is 1. The maximum atomic E-state index is 12.5. The van der Waals surface area contributed by atoms with Gasteiger partial charge in [-0.3, -0.25) is 9.59 Å². The molecule has 4 rings (SSSR count). The third-order valence-corrected chi connectivity index (χ3v) is 6.59. The highest BCUT2D eigenvalue weighted by Gasteiger charge is 2.32. The highest BCUT2D eigenvalue weighted by molar-refractivity contribution is 6.30. The standard InChI is InChI=1S/C29H32ClN3O2/c1-18-15-26(31-23-12-10-22(30)11-13-23)25-17-21(9-14-27(25)33(18)19(2)34)20-7-6-8-24(16-20)32-28(35)29(3,4)5/h6-14,16-18,26,31H,15H2,1-5H3,(H,32,35)/t18-,26+/m0/s1. The normalized spacial score (nSPS) is 17.5. The smallest absolute Gasteiger partial charge is 0.229 e. The van der Waals surface area contributed by atoms with Gasteiger partial charge < -0.3 is 15.5 Å². The van der Waals surface area contributed by atoms with Gasteiger partial charge in [0.25, 0.3) is 0 Å². The number of rotatable bonds is 4. The fourth-order valence-corrected chi connectivity index (χ4v) is 4.63. The topological polar surface area (TPSA) is 61.4 Å². The van der Waals surface area contributed by atoms with Gasteiger partial charge in [-0.1, -0.05) is 50.6 Å². The van der Waals surface area contributed by atoms with Crippen molar-refractivity contribution in [2.75, 3.05) is 15.5 Å². The van der Waals surface area contributed by atoms with Gasteiger partial charge in [0.1, 0.15) is 0 Å². The second kappa shape index (κ2) is 9.74. The van der Waals surface area contributed by atoms with Crippen LogP contribution in [0.5, 0.6) is 0 Å². The van der Waals surface area contributed by atoms with E-state index in [0.717, 1.165) is 40.2 Å². The molecule has 182 valence electrons. The van der Waals surface area contributed by atoms with E-state index in [0.29, 0.717) is 5.02 Å². The van der Waals surface area contributed by atoms with Crippen molar-refractivity contribution in [2.45, 2.75) is 53.1 Å². The van der Waals surface area contributed by atoms with Crippen LogP contribution in [-0.2, 0) is 9.59 Å². The molecule has 0 fully saturated rings. The number of nitrogens with one attached hydrogen (secondary N) is 2. The molecule has 1 heterocycles. The quantitative estimate of drug-likeness (QED) is 0.404. The van der Waals surface area contributed by atoms with Gasteiger partial charge in [0, 0.05) is 40.5 Å². The van der Waals surface area contributed by atoms with Crippen LogP contribution in [0.1, 0.15) is 52.6 Å². The molecule has 0 unspecified atom stereocenters. The number of hydrogen-bond donors (Lipinski definition) is 2. The largest absolute Gasteiger partial charge is 0.378 e. The average molecular weight is 490 g/mol. The fourth-order valence-electron chi connectivity index (χ4n) is 4.50. The van der Waals surface area contributed by atoms with Gasteiger partial charge in [-0.15, -0.1) is 0 Å². The molecule has 2 N–H and O–H groups in total. The number of anilines is 3. The zero-order valence-electron chi connectivity index (χ0n) is 20.9. The maximum Gasteiger partial charge on any atom is 0.229 e. The van der Waals surface area contributed by atoms with E-state index in [2.05, 4.69) is 23.6 Å². The van der Waals surface area contributed by atoms with Crippen LogP contribution in [0, 0.1) is 5.41 Å². The lowest BCUT2D eigenvalue weighted by atomic mass is 9.88. The minimum Gasteiger partial charge on any atom is -0.378 e. The summed E-state index contributed by atoms with van der Waals surface area (Å²) < 4.78 is 0. The highest BCUT2D eigenvalue weighted by Crippen LogP contribution is 2.41. The third-order valence-electron chi connectivity index (χ3n) is 6.34. The van der Waals surface area contributed by atoms with Crippen molar-refractivity contribution in [2.24, 2.45) is 5.41 Å². The molecule has 3 aromatic carbocycles. The zero-order chi connectivity index (χ0) is 25.3. The van der Waals surface area contributed by atoms with Gasteiger partial charge in [0.2, 0.25) is 11.8 Å².